The van der Waals surface area contributed by atoms with Crippen LogP contribution in [0.1, 0.15) is 5.69 Å². The van der Waals surface area contributed by atoms with Gasteiger partial charge in [-0.15, -0.1) is 0 Å². The molecular formula is C12H11F3N2O. The van der Waals surface area contributed by atoms with Crippen molar-refractivity contribution in [1.29, 1.82) is 0 Å². The standard InChI is InChI=1S/C12H11F3N2O/c1-17-7-16-10(11(17)12(13,14)15)8-3-5-9(18-2)6-4-8/h3-7H,1-2H3. The van der Waals surface area contributed by atoms with Gasteiger partial charge in [0.2, 0.25) is 0 Å². The van der Waals surface area contributed by atoms with Gasteiger partial charge >= 0.3 is 6.18 Å². The first kappa shape index (κ1) is 12.5. The molecule has 18 heavy (non-hydrogen) atoms. The molecule has 3 nitrogen and oxygen atoms in total. The molecule has 0 N–H and O–H groups in total. The van der Waals surface area contributed by atoms with Gasteiger partial charge in [-0.3, -0.25) is 0 Å². The van der Waals surface area contributed by atoms with E-state index >= 15 is 0 Å². The van der Waals surface area contributed by atoms with Crippen molar-refractivity contribution < 1.29 is 17.9 Å². The Bertz CT molecular complexity index is 543. The molecule has 1 heterocycles. The normalized spacial score (nSPS) is 11.6. The van der Waals surface area contributed by atoms with Gasteiger partial charge in [-0.25, -0.2) is 4.98 Å². The van der Waals surface area contributed by atoms with Crippen molar-refractivity contribution in [2.24, 2.45) is 7.05 Å². The molecule has 96 valence electrons. The van der Waals surface area contributed by atoms with Gasteiger partial charge in [-0.05, 0) is 24.3 Å². The van der Waals surface area contributed by atoms with Gasteiger partial charge in [-0.1, -0.05) is 0 Å². The highest BCUT2D eigenvalue weighted by atomic mass is 19.4. The molecule has 6 heteroatoms. The summed E-state index contributed by atoms with van der Waals surface area (Å²) in [7, 11) is 2.82. The minimum absolute atomic E-state index is 0.0762. The summed E-state index contributed by atoms with van der Waals surface area (Å²) in [6.07, 6.45) is -3.27. The molecule has 0 spiro atoms. The van der Waals surface area contributed by atoms with Gasteiger partial charge in [0.15, 0.2) is 5.69 Å². The molecule has 0 fully saturated rings. The van der Waals surface area contributed by atoms with E-state index in [2.05, 4.69) is 4.98 Å². The fourth-order valence-corrected chi connectivity index (χ4v) is 1.72. The van der Waals surface area contributed by atoms with E-state index in [1.807, 2.05) is 0 Å². The second-order valence-corrected chi connectivity index (χ2v) is 3.78. The van der Waals surface area contributed by atoms with E-state index in [-0.39, 0.29) is 5.69 Å². The molecule has 0 aliphatic carbocycles. The van der Waals surface area contributed by atoms with Crippen LogP contribution in [0.25, 0.3) is 11.3 Å². The lowest BCUT2D eigenvalue weighted by Crippen LogP contribution is -2.12. The van der Waals surface area contributed by atoms with Gasteiger partial charge in [0.25, 0.3) is 0 Å². The Hall–Kier alpha value is -1.98. The highest BCUT2D eigenvalue weighted by molar-refractivity contribution is 5.63. The molecule has 2 aromatic rings. The summed E-state index contributed by atoms with van der Waals surface area (Å²) in [6, 6.07) is 6.31. The molecule has 0 saturated heterocycles. The van der Waals surface area contributed by atoms with Gasteiger partial charge in [0.1, 0.15) is 11.4 Å². The van der Waals surface area contributed by atoms with Crippen LogP contribution in [0.15, 0.2) is 30.6 Å². The summed E-state index contributed by atoms with van der Waals surface area (Å²) in [5.41, 5.74) is -0.427. The molecule has 0 bridgehead atoms. The number of methoxy groups -OCH3 is 1. The summed E-state index contributed by atoms with van der Waals surface area (Å²) in [5.74, 6) is 0.586. The number of ether oxygens (including phenoxy) is 1. The summed E-state index contributed by atoms with van der Waals surface area (Å²) in [5, 5.41) is 0. The Kier molecular flexibility index (Phi) is 3.02. The van der Waals surface area contributed by atoms with Crippen LogP contribution in [0.4, 0.5) is 13.2 Å². The van der Waals surface area contributed by atoms with E-state index < -0.39 is 11.9 Å². The maximum Gasteiger partial charge on any atom is 0.433 e. The summed E-state index contributed by atoms with van der Waals surface area (Å²) >= 11 is 0. The molecule has 2 rings (SSSR count). The Morgan fingerprint density at radius 2 is 1.78 bits per heavy atom. The van der Waals surface area contributed by atoms with Crippen LogP contribution in [-0.2, 0) is 13.2 Å². The van der Waals surface area contributed by atoms with Crippen molar-refractivity contribution in [1.82, 2.24) is 9.55 Å². The molecule has 0 atom stereocenters. The Labute approximate surface area is 102 Å². The van der Waals surface area contributed by atoms with Crippen molar-refractivity contribution in [3.8, 4) is 17.0 Å². The molecule has 0 aliphatic rings. The lowest BCUT2D eigenvalue weighted by molar-refractivity contribution is -0.142. The second-order valence-electron chi connectivity index (χ2n) is 3.78. The number of aromatic nitrogens is 2. The third kappa shape index (κ3) is 2.18. The molecule has 0 aliphatic heterocycles. The van der Waals surface area contributed by atoms with Crippen LogP contribution in [0.2, 0.25) is 0 Å². The molecule has 0 saturated carbocycles. The van der Waals surface area contributed by atoms with Crippen LogP contribution in [-0.4, -0.2) is 16.7 Å². The van der Waals surface area contributed by atoms with Crippen LogP contribution in [0.3, 0.4) is 0 Å². The van der Waals surface area contributed by atoms with E-state index in [9.17, 15) is 13.2 Å². The number of hydrogen-bond donors (Lipinski definition) is 0. The molecule has 0 radical (unpaired) electrons. The predicted octanol–water partition coefficient (Wildman–Crippen LogP) is 3.11. The van der Waals surface area contributed by atoms with Crippen molar-refractivity contribution >= 4 is 0 Å². The molecule has 1 aromatic heterocycles. The number of alkyl halides is 3. The third-order valence-electron chi connectivity index (χ3n) is 2.57. The number of aryl methyl sites for hydroxylation is 1. The first-order valence-electron chi connectivity index (χ1n) is 5.16. The molecule has 1 aromatic carbocycles. The average Bonchev–Trinajstić information content (AvgIpc) is 2.71. The summed E-state index contributed by atoms with van der Waals surface area (Å²) < 4.78 is 44.6. The lowest BCUT2D eigenvalue weighted by Gasteiger charge is -2.10. The highest BCUT2D eigenvalue weighted by Gasteiger charge is 2.37. The first-order chi connectivity index (χ1) is 8.43. The fraction of sp³-hybridized carbons (Fsp3) is 0.250. The first-order valence-corrected chi connectivity index (χ1v) is 5.16. The number of nitrogens with zero attached hydrogens (tertiary/aromatic N) is 2. The van der Waals surface area contributed by atoms with Crippen LogP contribution in [0.5, 0.6) is 5.75 Å². The fourth-order valence-electron chi connectivity index (χ4n) is 1.72. The lowest BCUT2D eigenvalue weighted by atomic mass is 10.1. The minimum atomic E-state index is -4.43. The van der Waals surface area contributed by atoms with Crippen molar-refractivity contribution in [3.63, 3.8) is 0 Å². The van der Waals surface area contributed by atoms with E-state index in [4.69, 9.17) is 4.74 Å². The maximum absolute atomic E-state index is 12.9. The smallest absolute Gasteiger partial charge is 0.433 e. The Balaban J connectivity index is 2.51. The number of imidazole rings is 1. The van der Waals surface area contributed by atoms with Gasteiger partial charge in [-0.2, -0.15) is 13.2 Å². The predicted molar refractivity (Wildman–Crippen MR) is 60.2 cm³/mol. The number of benzene rings is 1. The zero-order valence-corrected chi connectivity index (χ0v) is 9.82. The maximum atomic E-state index is 12.9. The van der Waals surface area contributed by atoms with Gasteiger partial charge in [0.05, 0.1) is 13.4 Å². The quantitative estimate of drug-likeness (QED) is 0.825. The van der Waals surface area contributed by atoms with Gasteiger partial charge in [0, 0.05) is 12.6 Å². The number of hydrogen-bond acceptors (Lipinski definition) is 2. The molecular weight excluding hydrogens is 245 g/mol. The van der Waals surface area contributed by atoms with Crippen LogP contribution < -0.4 is 4.74 Å². The topological polar surface area (TPSA) is 27.1 Å². The summed E-state index contributed by atoms with van der Waals surface area (Å²) in [6.45, 7) is 0. The molecule has 0 amide bonds. The second kappa shape index (κ2) is 4.36. The SMILES string of the molecule is COc1ccc(-c2ncn(C)c2C(F)(F)F)cc1. The van der Waals surface area contributed by atoms with Crippen molar-refractivity contribution in [3.05, 3.63) is 36.3 Å². The molecule has 0 unspecified atom stereocenters. The zero-order valence-electron chi connectivity index (χ0n) is 9.82. The number of halogens is 3. The van der Waals surface area contributed by atoms with E-state index in [1.165, 1.54) is 14.2 Å². The summed E-state index contributed by atoms with van der Waals surface area (Å²) in [4.78, 5) is 3.81. The number of rotatable bonds is 2. The van der Waals surface area contributed by atoms with Crippen molar-refractivity contribution in [2.45, 2.75) is 6.18 Å². The Morgan fingerprint density at radius 3 is 2.28 bits per heavy atom. The van der Waals surface area contributed by atoms with E-state index in [0.29, 0.717) is 11.3 Å². The highest BCUT2D eigenvalue weighted by Crippen LogP contribution is 2.36. The van der Waals surface area contributed by atoms with Crippen LogP contribution in [0, 0.1) is 0 Å². The van der Waals surface area contributed by atoms with Crippen LogP contribution >= 0.6 is 0 Å². The monoisotopic (exact) mass is 256 g/mol. The zero-order chi connectivity index (χ0) is 13.3. The average molecular weight is 256 g/mol. The van der Waals surface area contributed by atoms with E-state index in [1.54, 1.807) is 24.3 Å². The van der Waals surface area contributed by atoms with Gasteiger partial charge < -0.3 is 9.30 Å². The van der Waals surface area contributed by atoms with E-state index in [0.717, 1.165) is 10.9 Å². The third-order valence-corrected chi connectivity index (χ3v) is 2.57. The van der Waals surface area contributed by atoms with Crippen molar-refractivity contribution in [2.75, 3.05) is 7.11 Å². The largest absolute Gasteiger partial charge is 0.497 e. The minimum Gasteiger partial charge on any atom is -0.497 e. The Morgan fingerprint density at radius 1 is 1.17 bits per heavy atom.